The quantitative estimate of drug-likeness (QED) is 0.325. The van der Waals surface area contributed by atoms with E-state index >= 15 is 0 Å². The van der Waals surface area contributed by atoms with Gasteiger partial charge in [-0.05, 0) is 67.2 Å². The predicted molar refractivity (Wildman–Crippen MR) is 133 cm³/mol. The van der Waals surface area contributed by atoms with Crippen LogP contribution in [0.4, 0.5) is 20.7 Å². The summed E-state index contributed by atoms with van der Waals surface area (Å²) in [5.41, 5.74) is 1.78. The van der Waals surface area contributed by atoms with Gasteiger partial charge in [-0.1, -0.05) is 6.92 Å². The van der Waals surface area contributed by atoms with Gasteiger partial charge in [-0.2, -0.15) is 19.5 Å². The van der Waals surface area contributed by atoms with Gasteiger partial charge in [-0.15, -0.1) is 0 Å². The lowest BCUT2D eigenvalue weighted by molar-refractivity contribution is 0.0527. The first kappa shape index (κ1) is 26.4. The second kappa shape index (κ2) is 10.6. The van der Waals surface area contributed by atoms with Crippen molar-refractivity contribution in [1.82, 2.24) is 34.6 Å². The summed E-state index contributed by atoms with van der Waals surface area (Å²) in [6.07, 6.45) is 5.76. The molecule has 0 aromatic carbocycles. The molecule has 0 aliphatic carbocycles. The third-order valence-electron chi connectivity index (χ3n) is 5.25. The van der Waals surface area contributed by atoms with Gasteiger partial charge in [-0.3, -0.25) is 4.68 Å². The van der Waals surface area contributed by atoms with Crippen LogP contribution < -0.4 is 10.6 Å². The number of imidazole rings is 1. The molecule has 0 fully saturated rings. The average molecular weight is 489 g/mol. The minimum Gasteiger partial charge on any atom is -0.444 e. The van der Waals surface area contributed by atoms with Crippen LogP contribution in [0.5, 0.6) is 0 Å². The fourth-order valence-electron chi connectivity index (χ4n) is 3.60. The van der Waals surface area contributed by atoms with Crippen LogP contribution in [0.3, 0.4) is 0 Å². The lowest BCUT2D eigenvalue weighted by Crippen LogP contribution is -2.33. The van der Waals surface area contributed by atoms with Crippen LogP contribution in [0.15, 0.2) is 12.5 Å². The van der Waals surface area contributed by atoms with E-state index in [1.54, 1.807) is 6.33 Å². The molecule has 3 aromatic rings. The van der Waals surface area contributed by atoms with Gasteiger partial charge in [0.05, 0.1) is 17.7 Å². The van der Waals surface area contributed by atoms with Crippen molar-refractivity contribution in [1.29, 1.82) is 0 Å². The molecule has 0 radical (unpaired) electrons. The van der Waals surface area contributed by atoms with Crippen LogP contribution >= 0.6 is 0 Å². The zero-order valence-electron chi connectivity index (χ0n) is 21.8. The van der Waals surface area contributed by atoms with Gasteiger partial charge in [0.25, 0.3) is 0 Å². The normalized spacial score (nSPS) is 12.2. The number of carbonyl (C=O) groups is 1. The van der Waals surface area contributed by atoms with E-state index in [2.05, 4.69) is 30.7 Å². The monoisotopic (exact) mass is 488 g/mol. The SMILES string of the molecule is CCc1nn(CCCCCNC(=O)OC(C)(C)C)cc1Nc1nc(F)nc2c1ncn2C(C)(C)C. The molecule has 0 unspecified atom stereocenters. The molecule has 2 N–H and O–H groups in total. The number of halogens is 1. The van der Waals surface area contributed by atoms with Crippen molar-refractivity contribution in [2.75, 3.05) is 11.9 Å². The van der Waals surface area contributed by atoms with Crippen LogP contribution in [-0.2, 0) is 23.2 Å². The molecule has 0 saturated carbocycles. The zero-order chi connectivity index (χ0) is 25.8. The lowest BCUT2D eigenvalue weighted by atomic mass is 10.1. The number of hydrogen-bond donors (Lipinski definition) is 2. The third kappa shape index (κ3) is 7.12. The molecular weight excluding hydrogens is 451 g/mol. The lowest BCUT2D eigenvalue weighted by Gasteiger charge is -2.20. The summed E-state index contributed by atoms with van der Waals surface area (Å²) in [6, 6.07) is 0. The van der Waals surface area contributed by atoms with Crippen molar-refractivity contribution in [2.45, 2.75) is 91.8 Å². The number of aryl methyl sites for hydroxylation is 2. The summed E-state index contributed by atoms with van der Waals surface area (Å²) >= 11 is 0. The second-order valence-corrected chi connectivity index (χ2v) is 10.5. The number of nitrogens with one attached hydrogen (secondary N) is 2. The summed E-state index contributed by atoms with van der Waals surface area (Å²) in [4.78, 5) is 24.1. The van der Waals surface area contributed by atoms with Crippen molar-refractivity contribution in [3.63, 3.8) is 0 Å². The first-order valence-corrected chi connectivity index (χ1v) is 12.1. The average Bonchev–Trinajstić information content (AvgIpc) is 3.32. The van der Waals surface area contributed by atoms with Gasteiger partial charge in [0, 0.05) is 24.8 Å². The van der Waals surface area contributed by atoms with E-state index in [-0.39, 0.29) is 5.54 Å². The fourth-order valence-corrected chi connectivity index (χ4v) is 3.60. The Labute approximate surface area is 205 Å². The molecule has 1 amide bonds. The van der Waals surface area contributed by atoms with Gasteiger partial charge < -0.3 is 19.9 Å². The molecule has 11 heteroatoms. The number of aromatic nitrogens is 6. The predicted octanol–water partition coefficient (Wildman–Crippen LogP) is 4.92. The number of rotatable bonds is 9. The van der Waals surface area contributed by atoms with Crippen molar-refractivity contribution in [3.05, 3.63) is 24.3 Å². The molecule has 0 aliphatic rings. The zero-order valence-corrected chi connectivity index (χ0v) is 21.8. The van der Waals surface area contributed by atoms with Crippen LogP contribution in [0.2, 0.25) is 0 Å². The molecule has 3 rings (SSSR count). The number of anilines is 2. The number of hydrogen-bond acceptors (Lipinski definition) is 7. The largest absolute Gasteiger partial charge is 0.444 e. The maximum absolute atomic E-state index is 14.3. The molecule has 35 heavy (non-hydrogen) atoms. The Balaban J connectivity index is 1.60. The fraction of sp³-hybridized carbons (Fsp3) is 0.625. The summed E-state index contributed by atoms with van der Waals surface area (Å²) in [5, 5.41) is 10.7. The Morgan fingerprint density at radius 3 is 2.51 bits per heavy atom. The van der Waals surface area contributed by atoms with E-state index in [1.165, 1.54) is 0 Å². The maximum Gasteiger partial charge on any atom is 0.407 e. The number of ether oxygens (including phenoxy) is 1. The number of amides is 1. The number of fused-ring (bicyclic) bond motifs is 1. The van der Waals surface area contributed by atoms with Crippen LogP contribution in [0.25, 0.3) is 11.2 Å². The second-order valence-electron chi connectivity index (χ2n) is 10.5. The standard InChI is InChI=1S/C24H37FN8O2/c1-8-16-17(14-32(31-16)13-11-9-10-12-26-22(34)35-24(5,6)7)28-19-18-20(30-21(25)29-19)33(15-27-18)23(2,3)4/h14-15H,8-13H2,1-7H3,(H,26,34)(H,28,29,30). The molecular formula is C24H37FN8O2. The van der Waals surface area contributed by atoms with Crippen molar-refractivity contribution >= 4 is 28.8 Å². The molecule has 0 aliphatic heterocycles. The molecule has 0 atom stereocenters. The van der Waals surface area contributed by atoms with E-state index in [0.717, 1.165) is 37.2 Å². The van der Waals surface area contributed by atoms with Gasteiger partial charge >= 0.3 is 12.2 Å². The smallest absolute Gasteiger partial charge is 0.407 e. The molecule has 192 valence electrons. The summed E-state index contributed by atoms with van der Waals surface area (Å²) in [6.45, 7) is 14.9. The van der Waals surface area contributed by atoms with Crippen molar-refractivity contribution in [3.8, 4) is 0 Å². The maximum atomic E-state index is 14.3. The van der Waals surface area contributed by atoms with Crippen LogP contribution in [0.1, 0.15) is 73.4 Å². The number of carbonyl (C=O) groups excluding carboxylic acids is 1. The Hall–Kier alpha value is -3.24. The van der Waals surface area contributed by atoms with E-state index in [4.69, 9.17) is 4.74 Å². The number of nitrogens with zero attached hydrogens (tertiary/aromatic N) is 6. The molecule has 10 nitrogen and oxygen atoms in total. The Morgan fingerprint density at radius 2 is 1.86 bits per heavy atom. The number of unbranched alkanes of at least 4 members (excludes halogenated alkanes) is 2. The summed E-state index contributed by atoms with van der Waals surface area (Å²) in [7, 11) is 0. The first-order chi connectivity index (χ1) is 16.4. The summed E-state index contributed by atoms with van der Waals surface area (Å²) in [5.74, 6) is 0.318. The Kier molecular flexibility index (Phi) is 7.97. The van der Waals surface area contributed by atoms with E-state index in [9.17, 15) is 9.18 Å². The summed E-state index contributed by atoms with van der Waals surface area (Å²) < 4.78 is 23.2. The number of alkyl carbamates (subject to hydrolysis) is 1. The highest BCUT2D eigenvalue weighted by Crippen LogP contribution is 2.27. The van der Waals surface area contributed by atoms with Gasteiger partial charge in [0.15, 0.2) is 17.0 Å². The van der Waals surface area contributed by atoms with Gasteiger partial charge in [-0.25, -0.2) is 9.78 Å². The highest BCUT2D eigenvalue weighted by Gasteiger charge is 2.21. The Morgan fingerprint density at radius 1 is 1.11 bits per heavy atom. The highest BCUT2D eigenvalue weighted by molar-refractivity contribution is 5.85. The van der Waals surface area contributed by atoms with E-state index in [0.29, 0.717) is 29.9 Å². The highest BCUT2D eigenvalue weighted by atomic mass is 19.1. The third-order valence-corrected chi connectivity index (χ3v) is 5.25. The topological polar surface area (TPSA) is 112 Å². The van der Waals surface area contributed by atoms with Crippen molar-refractivity contribution in [2.24, 2.45) is 0 Å². The molecule has 3 aromatic heterocycles. The molecule has 0 saturated heterocycles. The molecule has 0 spiro atoms. The first-order valence-electron chi connectivity index (χ1n) is 12.1. The van der Waals surface area contributed by atoms with E-state index in [1.807, 2.05) is 63.9 Å². The van der Waals surface area contributed by atoms with Crippen LogP contribution in [0, 0.1) is 6.08 Å². The van der Waals surface area contributed by atoms with Crippen LogP contribution in [-0.4, -0.2) is 47.5 Å². The van der Waals surface area contributed by atoms with Crippen molar-refractivity contribution < 1.29 is 13.9 Å². The van der Waals surface area contributed by atoms with E-state index < -0.39 is 17.8 Å². The minimum atomic E-state index is -0.809. The Bertz CT molecular complexity index is 1160. The van der Waals surface area contributed by atoms with Gasteiger partial charge in [0.2, 0.25) is 0 Å². The molecule has 0 bridgehead atoms. The minimum absolute atomic E-state index is 0.297. The van der Waals surface area contributed by atoms with Gasteiger partial charge in [0.1, 0.15) is 5.60 Å². The molecule has 3 heterocycles.